The van der Waals surface area contributed by atoms with Crippen LogP contribution >= 0.6 is 0 Å². The van der Waals surface area contributed by atoms with Crippen molar-refractivity contribution in [2.45, 2.75) is 65.1 Å². The van der Waals surface area contributed by atoms with Crippen molar-refractivity contribution in [3.63, 3.8) is 0 Å². The molecule has 0 aliphatic carbocycles. The standard InChI is InChI=1S/C25H34N2O/c1-17(2)13-23(28)22-14-19(4)24(20-9-7-6-8-10-20)27-25(22,5)15-21-12-11-18(3)16-26-21/h6-12,14,16-17,22-24,27-28H,13,15H2,1-5H3. The predicted molar refractivity (Wildman–Crippen MR) is 116 cm³/mol. The number of benzene rings is 1. The molecule has 0 fully saturated rings. The lowest BCUT2D eigenvalue weighted by molar-refractivity contribution is 0.0490. The van der Waals surface area contributed by atoms with E-state index < -0.39 is 0 Å². The molecule has 2 heterocycles. The Balaban J connectivity index is 1.97. The fourth-order valence-electron chi connectivity index (χ4n) is 4.41. The van der Waals surface area contributed by atoms with Gasteiger partial charge in [0.2, 0.25) is 0 Å². The molecular formula is C25H34N2O. The highest BCUT2D eigenvalue weighted by molar-refractivity contribution is 5.33. The highest BCUT2D eigenvalue weighted by Gasteiger charge is 2.43. The molecule has 3 nitrogen and oxygen atoms in total. The van der Waals surface area contributed by atoms with Gasteiger partial charge in [0.1, 0.15) is 0 Å². The normalized spacial score (nSPS) is 26.2. The van der Waals surface area contributed by atoms with Gasteiger partial charge in [0.25, 0.3) is 0 Å². The van der Waals surface area contributed by atoms with Gasteiger partial charge in [0.15, 0.2) is 0 Å². The molecule has 28 heavy (non-hydrogen) atoms. The van der Waals surface area contributed by atoms with Gasteiger partial charge in [-0.3, -0.25) is 4.98 Å². The summed E-state index contributed by atoms with van der Waals surface area (Å²) in [6, 6.07) is 14.9. The van der Waals surface area contributed by atoms with Crippen LogP contribution in [0.25, 0.3) is 0 Å². The molecule has 3 rings (SSSR count). The lowest BCUT2D eigenvalue weighted by Crippen LogP contribution is -2.57. The third-order valence-corrected chi connectivity index (χ3v) is 5.89. The molecule has 4 atom stereocenters. The summed E-state index contributed by atoms with van der Waals surface area (Å²) in [7, 11) is 0. The largest absolute Gasteiger partial charge is 0.392 e. The van der Waals surface area contributed by atoms with Crippen molar-refractivity contribution in [2.75, 3.05) is 0 Å². The molecule has 0 saturated heterocycles. The van der Waals surface area contributed by atoms with E-state index in [4.69, 9.17) is 0 Å². The molecule has 1 aromatic carbocycles. The summed E-state index contributed by atoms with van der Waals surface area (Å²) in [6.07, 6.45) is 5.42. The monoisotopic (exact) mass is 378 g/mol. The van der Waals surface area contributed by atoms with E-state index in [1.807, 2.05) is 6.20 Å². The number of aliphatic hydroxyl groups is 1. The Hall–Kier alpha value is -1.97. The molecule has 0 amide bonds. The number of aliphatic hydroxyl groups excluding tert-OH is 1. The van der Waals surface area contributed by atoms with Gasteiger partial charge in [-0.2, -0.15) is 0 Å². The van der Waals surface area contributed by atoms with Crippen molar-refractivity contribution in [3.05, 3.63) is 77.1 Å². The molecule has 150 valence electrons. The van der Waals surface area contributed by atoms with Gasteiger partial charge >= 0.3 is 0 Å². The van der Waals surface area contributed by atoms with Gasteiger partial charge in [0.05, 0.1) is 12.1 Å². The SMILES string of the molecule is CC1=CC(C(O)CC(C)C)C(C)(Cc2ccc(C)cn2)NC1c1ccccc1. The molecule has 0 spiro atoms. The van der Waals surface area contributed by atoms with Gasteiger partial charge < -0.3 is 10.4 Å². The predicted octanol–water partition coefficient (Wildman–Crippen LogP) is 5.01. The molecule has 3 heteroatoms. The van der Waals surface area contributed by atoms with E-state index in [1.54, 1.807) is 0 Å². The lowest BCUT2D eigenvalue weighted by Gasteiger charge is -2.47. The first-order chi connectivity index (χ1) is 13.3. The maximum atomic E-state index is 11.1. The van der Waals surface area contributed by atoms with Crippen molar-refractivity contribution >= 4 is 0 Å². The number of nitrogens with zero attached hydrogens (tertiary/aromatic N) is 1. The second kappa shape index (κ2) is 8.59. The van der Waals surface area contributed by atoms with Gasteiger partial charge in [-0.1, -0.05) is 61.9 Å². The Morgan fingerprint density at radius 1 is 1.11 bits per heavy atom. The molecule has 1 aliphatic heterocycles. The first-order valence-corrected chi connectivity index (χ1v) is 10.4. The van der Waals surface area contributed by atoms with Crippen LogP contribution in [0.5, 0.6) is 0 Å². The van der Waals surface area contributed by atoms with Crippen LogP contribution in [0, 0.1) is 18.8 Å². The minimum atomic E-state index is -0.380. The molecule has 4 unspecified atom stereocenters. The highest BCUT2D eigenvalue weighted by Crippen LogP contribution is 2.39. The average molecular weight is 379 g/mol. The van der Waals surface area contributed by atoms with Crippen LogP contribution in [0.1, 0.15) is 57.0 Å². The van der Waals surface area contributed by atoms with E-state index in [0.717, 1.165) is 18.5 Å². The van der Waals surface area contributed by atoms with Crippen LogP contribution < -0.4 is 5.32 Å². The molecule has 2 N–H and O–H groups in total. The van der Waals surface area contributed by atoms with E-state index in [-0.39, 0.29) is 23.6 Å². The van der Waals surface area contributed by atoms with Crippen LogP contribution in [0.2, 0.25) is 0 Å². The van der Waals surface area contributed by atoms with E-state index in [0.29, 0.717) is 5.92 Å². The molecule has 2 aromatic rings. The summed E-state index contributed by atoms with van der Waals surface area (Å²) < 4.78 is 0. The van der Waals surface area contributed by atoms with Crippen molar-refractivity contribution in [1.29, 1.82) is 0 Å². The molecule has 0 saturated carbocycles. The molecule has 0 bridgehead atoms. The zero-order chi connectivity index (χ0) is 20.3. The maximum absolute atomic E-state index is 11.1. The number of nitrogens with one attached hydrogen (secondary N) is 1. The molecular weight excluding hydrogens is 344 g/mol. The second-order valence-electron chi connectivity index (χ2n) is 9.04. The van der Waals surface area contributed by atoms with E-state index in [9.17, 15) is 5.11 Å². The number of rotatable bonds is 6. The van der Waals surface area contributed by atoms with Gasteiger partial charge in [-0.25, -0.2) is 0 Å². The number of aryl methyl sites for hydroxylation is 1. The zero-order valence-electron chi connectivity index (χ0n) is 17.8. The van der Waals surface area contributed by atoms with E-state index in [2.05, 4.69) is 93.5 Å². The maximum Gasteiger partial charge on any atom is 0.0623 e. The Kier molecular flexibility index (Phi) is 6.36. The summed E-state index contributed by atoms with van der Waals surface area (Å²) in [5.74, 6) is 0.496. The quantitative estimate of drug-likeness (QED) is 0.695. The van der Waals surface area contributed by atoms with Gasteiger partial charge in [-0.05, 0) is 50.3 Å². The topological polar surface area (TPSA) is 45.2 Å². The number of aromatic nitrogens is 1. The summed E-state index contributed by atoms with van der Waals surface area (Å²) in [5, 5.41) is 15.0. The molecule has 1 aromatic heterocycles. The van der Waals surface area contributed by atoms with Crippen molar-refractivity contribution in [2.24, 2.45) is 11.8 Å². The van der Waals surface area contributed by atoms with Crippen molar-refractivity contribution < 1.29 is 5.11 Å². The van der Waals surface area contributed by atoms with E-state index in [1.165, 1.54) is 16.7 Å². The van der Waals surface area contributed by atoms with Crippen LogP contribution in [0.4, 0.5) is 0 Å². The summed E-state index contributed by atoms with van der Waals surface area (Å²) in [5.41, 5.74) is 4.47. The third kappa shape index (κ3) is 4.71. The van der Waals surface area contributed by atoms with Crippen LogP contribution in [0.15, 0.2) is 60.3 Å². The summed E-state index contributed by atoms with van der Waals surface area (Å²) in [6.45, 7) is 10.8. The highest BCUT2D eigenvalue weighted by atomic mass is 16.3. The average Bonchev–Trinajstić information content (AvgIpc) is 2.65. The fraction of sp³-hybridized carbons (Fsp3) is 0.480. The van der Waals surface area contributed by atoms with Gasteiger partial charge in [0, 0.05) is 29.8 Å². The van der Waals surface area contributed by atoms with Crippen molar-refractivity contribution in [1.82, 2.24) is 10.3 Å². The van der Waals surface area contributed by atoms with Crippen molar-refractivity contribution in [3.8, 4) is 0 Å². The lowest BCUT2D eigenvalue weighted by atomic mass is 9.71. The fourth-order valence-corrected chi connectivity index (χ4v) is 4.41. The summed E-state index contributed by atoms with van der Waals surface area (Å²) >= 11 is 0. The van der Waals surface area contributed by atoms with Crippen LogP contribution in [0.3, 0.4) is 0 Å². The Labute approximate surface area is 169 Å². The van der Waals surface area contributed by atoms with Gasteiger partial charge in [-0.15, -0.1) is 0 Å². The second-order valence-corrected chi connectivity index (χ2v) is 9.04. The number of pyridine rings is 1. The smallest absolute Gasteiger partial charge is 0.0623 e. The first-order valence-electron chi connectivity index (χ1n) is 10.4. The first kappa shape index (κ1) is 20.8. The molecule has 0 radical (unpaired) electrons. The Morgan fingerprint density at radius 2 is 1.82 bits per heavy atom. The Bertz CT molecular complexity index is 797. The Morgan fingerprint density at radius 3 is 2.43 bits per heavy atom. The minimum Gasteiger partial charge on any atom is -0.392 e. The van der Waals surface area contributed by atoms with Crippen LogP contribution in [-0.2, 0) is 6.42 Å². The number of hydrogen-bond donors (Lipinski definition) is 2. The summed E-state index contributed by atoms with van der Waals surface area (Å²) in [4.78, 5) is 4.65. The van der Waals surface area contributed by atoms with E-state index >= 15 is 0 Å². The minimum absolute atomic E-state index is 0.0398. The third-order valence-electron chi connectivity index (χ3n) is 5.89. The molecule has 1 aliphatic rings. The van der Waals surface area contributed by atoms with Crippen LogP contribution in [-0.4, -0.2) is 21.7 Å². The zero-order valence-corrected chi connectivity index (χ0v) is 17.8. The number of hydrogen-bond acceptors (Lipinski definition) is 3.